The van der Waals surface area contributed by atoms with Crippen LogP contribution in [0.15, 0.2) is 41.4 Å². The lowest BCUT2D eigenvalue weighted by Crippen LogP contribution is -2.49. The maximum absolute atomic E-state index is 13.8. The fourth-order valence-electron chi connectivity index (χ4n) is 5.30. The number of hydrogen-bond donors (Lipinski definition) is 4. The second-order valence-electron chi connectivity index (χ2n) is 11.0. The minimum Gasteiger partial charge on any atom is -0.483 e. The third-order valence-electron chi connectivity index (χ3n) is 7.24. The molecule has 4 aromatic rings. The van der Waals surface area contributed by atoms with Gasteiger partial charge in [0, 0.05) is 48.4 Å². The van der Waals surface area contributed by atoms with Crippen LogP contribution in [0.5, 0.6) is 0 Å². The van der Waals surface area contributed by atoms with Crippen LogP contribution in [0.4, 0.5) is 0 Å². The lowest BCUT2D eigenvalue weighted by Gasteiger charge is -2.27. The number of aromatic amines is 1. The second-order valence-corrected chi connectivity index (χ2v) is 11.7. The van der Waals surface area contributed by atoms with E-state index in [2.05, 4.69) is 39.5 Å². The zero-order valence-electron chi connectivity index (χ0n) is 25.0. The minimum absolute atomic E-state index is 0.179. The molecule has 3 amide bonds. The Morgan fingerprint density at radius 1 is 1.16 bits per heavy atom. The van der Waals surface area contributed by atoms with E-state index in [4.69, 9.17) is 14.9 Å². The zero-order chi connectivity index (χ0) is 31.6. The number of fused-ring (bicyclic) bond motifs is 2. The van der Waals surface area contributed by atoms with E-state index >= 15 is 0 Å². The summed E-state index contributed by atoms with van der Waals surface area (Å²) in [5.74, 6) is 0.810. The van der Waals surface area contributed by atoms with Gasteiger partial charge in [-0.15, -0.1) is 11.3 Å². The first-order valence-corrected chi connectivity index (χ1v) is 15.5. The van der Waals surface area contributed by atoms with E-state index in [1.54, 1.807) is 20.5 Å². The van der Waals surface area contributed by atoms with Gasteiger partial charge in [-0.2, -0.15) is 5.10 Å². The molecule has 1 aliphatic heterocycles. The van der Waals surface area contributed by atoms with Crippen molar-refractivity contribution in [3.63, 3.8) is 0 Å². The molecule has 1 aromatic carbocycles. The summed E-state index contributed by atoms with van der Waals surface area (Å²) in [6, 6.07) is 6.69. The highest BCUT2D eigenvalue weighted by atomic mass is 32.1. The quantitative estimate of drug-likeness (QED) is 0.246. The number of aryl methyl sites for hydroxylation is 1. The number of hydrogen-bond acceptors (Lipinski definition) is 8. The summed E-state index contributed by atoms with van der Waals surface area (Å²) >= 11 is 1.37. The molecular weight excluding hydrogens is 584 g/mol. The van der Waals surface area contributed by atoms with Crippen molar-refractivity contribution in [2.45, 2.75) is 65.1 Å². The molecule has 0 radical (unpaired) electrons. The van der Waals surface area contributed by atoms with Crippen LogP contribution in [-0.2, 0) is 27.3 Å². The molecule has 3 aromatic heterocycles. The van der Waals surface area contributed by atoms with Crippen molar-refractivity contribution in [2.75, 3.05) is 13.1 Å². The minimum atomic E-state index is -0.787. The number of carbonyl (C=O) groups excluding carboxylic acids is 3. The Labute approximate surface area is 259 Å². The van der Waals surface area contributed by atoms with Crippen LogP contribution in [0, 0.1) is 12.8 Å². The van der Waals surface area contributed by atoms with E-state index in [1.807, 2.05) is 37.4 Å². The average molecular weight is 623 g/mol. The predicted octanol–water partition coefficient (Wildman–Crippen LogP) is 3.09. The van der Waals surface area contributed by atoms with E-state index in [0.29, 0.717) is 56.2 Å². The van der Waals surface area contributed by atoms with Crippen LogP contribution >= 0.6 is 11.3 Å². The van der Waals surface area contributed by atoms with Crippen LogP contribution in [0.1, 0.15) is 66.9 Å². The van der Waals surface area contributed by atoms with Gasteiger partial charge in [0.05, 0.1) is 18.1 Å². The van der Waals surface area contributed by atoms with E-state index < -0.39 is 12.1 Å². The predicted molar refractivity (Wildman–Crippen MR) is 165 cm³/mol. The average Bonchev–Trinajstić information content (AvgIpc) is 3.74. The molecule has 13 nitrogen and oxygen atoms in total. The molecule has 1 aliphatic rings. The lowest BCUT2D eigenvalue weighted by molar-refractivity contribution is -0.129. The summed E-state index contributed by atoms with van der Waals surface area (Å²) in [6.07, 6.45) is 3.49. The SMILES string of the molecule is Cc1nc2n(n1)CCN(C(=O)c1cscn1)CCCC(=O)N[C@H](Cc1c[nH]c3ccccc13)C(=O)NC2CC(C)C.O=CO. The number of carboxylic acid groups (broad SMARTS) is 1. The normalized spacial score (nSPS) is 18.0. The fourth-order valence-corrected chi connectivity index (χ4v) is 5.83. The number of nitrogens with zero attached hydrogens (tertiary/aromatic N) is 5. The van der Waals surface area contributed by atoms with Gasteiger partial charge >= 0.3 is 0 Å². The molecule has 0 aliphatic carbocycles. The van der Waals surface area contributed by atoms with Crippen LogP contribution < -0.4 is 10.6 Å². The Morgan fingerprint density at radius 3 is 2.66 bits per heavy atom. The highest BCUT2D eigenvalue weighted by molar-refractivity contribution is 7.07. The molecule has 4 N–H and O–H groups in total. The number of H-pyrrole nitrogens is 1. The Hall–Kier alpha value is -4.59. The van der Waals surface area contributed by atoms with E-state index in [0.717, 1.165) is 16.5 Å². The Balaban J connectivity index is 0.00000141. The van der Waals surface area contributed by atoms with Crippen LogP contribution in [0.2, 0.25) is 0 Å². The van der Waals surface area contributed by atoms with Crippen LogP contribution in [0.3, 0.4) is 0 Å². The standard InChI is InChI=1S/C29H36N8O3S.CH2O2/c1-18(2)13-23-27-32-19(3)35-37(27)12-11-36(29(40)25-16-41-17-31-25)10-6-9-26(38)33-24(28(39)34-23)14-20-15-30-22-8-5-4-7-21(20)22;2-1-3/h4-5,7-8,15-18,23-24,30H,6,9-14H2,1-3H3,(H,33,38)(H,34,39);1H,(H,2,3)/t23?,24-;/m1./s1. The summed E-state index contributed by atoms with van der Waals surface area (Å²) < 4.78 is 1.79. The molecule has 2 atom stereocenters. The summed E-state index contributed by atoms with van der Waals surface area (Å²) in [4.78, 5) is 62.4. The number of para-hydroxylation sites is 1. The molecule has 5 rings (SSSR count). The topological polar surface area (TPSA) is 175 Å². The maximum Gasteiger partial charge on any atom is 0.290 e. The molecule has 0 spiro atoms. The number of thiazole rings is 1. The molecule has 234 valence electrons. The molecule has 14 heteroatoms. The van der Waals surface area contributed by atoms with Gasteiger partial charge in [-0.3, -0.25) is 19.2 Å². The van der Waals surface area contributed by atoms with Crippen molar-refractivity contribution in [2.24, 2.45) is 5.92 Å². The van der Waals surface area contributed by atoms with Crippen molar-refractivity contribution in [3.05, 3.63) is 64.3 Å². The number of rotatable bonds is 5. The lowest BCUT2D eigenvalue weighted by atomic mass is 10.0. The largest absolute Gasteiger partial charge is 0.483 e. The van der Waals surface area contributed by atoms with E-state index in [9.17, 15) is 14.4 Å². The highest BCUT2D eigenvalue weighted by Gasteiger charge is 2.29. The van der Waals surface area contributed by atoms with Gasteiger partial charge in [0.2, 0.25) is 11.8 Å². The second kappa shape index (κ2) is 15.2. The highest BCUT2D eigenvalue weighted by Crippen LogP contribution is 2.23. The molecule has 0 bridgehead atoms. The number of aromatic nitrogens is 5. The zero-order valence-corrected chi connectivity index (χ0v) is 25.8. The monoisotopic (exact) mass is 622 g/mol. The number of carbonyl (C=O) groups is 4. The Kier molecular flexibility index (Phi) is 11.2. The number of nitrogens with one attached hydrogen (secondary N) is 3. The van der Waals surface area contributed by atoms with Gasteiger partial charge in [0.25, 0.3) is 12.4 Å². The summed E-state index contributed by atoms with van der Waals surface area (Å²) in [7, 11) is 0. The van der Waals surface area contributed by atoms with Crippen molar-refractivity contribution in [1.82, 2.24) is 40.3 Å². The molecule has 0 saturated carbocycles. The fraction of sp³-hybridized carbons (Fsp3) is 0.433. The van der Waals surface area contributed by atoms with Crippen LogP contribution in [0.25, 0.3) is 10.9 Å². The number of amides is 3. The van der Waals surface area contributed by atoms with Crippen molar-refractivity contribution in [3.8, 4) is 0 Å². The smallest absolute Gasteiger partial charge is 0.290 e. The van der Waals surface area contributed by atoms with Gasteiger partial charge < -0.3 is 25.6 Å². The summed E-state index contributed by atoms with van der Waals surface area (Å²) in [5.41, 5.74) is 3.94. The Bertz CT molecular complexity index is 1560. The van der Waals surface area contributed by atoms with Gasteiger partial charge in [-0.25, -0.2) is 14.6 Å². The molecule has 0 fully saturated rings. The molecule has 4 heterocycles. The van der Waals surface area contributed by atoms with E-state index in [1.165, 1.54) is 11.3 Å². The van der Waals surface area contributed by atoms with Crippen molar-refractivity contribution >= 4 is 46.4 Å². The van der Waals surface area contributed by atoms with Gasteiger partial charge in [0.1, 0.15) is 23.4 Å². The molecule has 0 saturated heterocycles. The molecule has 44 heavy (non-hydrogen) atoms. The summed E-state index contributed by atoms with van der Waals surface area (Å²) in [5, 5.41) is 20.4. The third-order valence-corrected chi connectivity index (χ3v) is 7.83. The number of benzene rings is 1. The van der Waals surface area contributed by atoms with Gasteiger partial charge in [-0.05, 0) is 37.3 Å². The third kappa shape index (κ3) is 8.28. The first-order valence-electron chi connectivity index (χ1n) is 14.5. The van der Waals surface area contributed by atoms with Gasteiger partial charge in [0.15, 0.2) is 0 Å². The van der Waals surface area contributed by atoms with Crippen LogP contribution in [-0.4, -0.2) is 78.1 Å². The Morgan fingerprint density at radius 2 is 1.93 bits per heavy atom. The first-order chi connectivity index (χ1) is 21.2. The van der Waals surface area contributed by atoms with E-state index in [-0.39, 0.29) is 36.5 Å². The molecule has 1 unspecified atom stereocenters. The maximum atomic E-state index is 13.8. The summed E-state index contributed by atoms with van der Waals surface area (Å²) in [6.45, 7) is 6.90. The van der Waals surface area contributed by atoms with Crippen molar-refractivity contribution in [1.29, 1.82) is 0 Å². The first kappa shape index (κ1) is 32.3. The molecular formula is C30H38N8O5S. The van der Waals surface area contributed by atoms with Crippen molar-refractivity contribution < 1.29 is 24.3 Å². The van der Waals surface area contributed by atoms with Gasteiger partial charge in [-0.1, -0.05) is 32.0 Å².